The summed E-state index contributed by atoms with van der Waals surface area (Å²) in [6, 6.07) is 7.91. The van der Waals surface area contributed by atoms with Crippen molar-refractivity contribution in [2.75, 3.05) is 13.1 Å². The van der Waals surface area contributed by atoms with E-state index >= 15 is 0 Å². The van der Waals surface area contributed by atoms with Crippen LogP contribution in [0.3, 0.4) is 0 Å². The summed E-state index contributed by atoms with van der Waals surface area (Å²) in [6.07, 6.45) is 4.78. The van der Waals surface area contributed by atoms with Crippen LogP contribution in [0.1, 0.15) is 40.9 Å². The van der Waals surface area contributed by atoms with E-state index < -0.39 is 0 Å². The summed E-state index contributed by atoms with van der Waals surface area (Å²) in [7, 11) is 0. The van der Waals surface area contributed by atoms with Crippen molar-refractivity contribution >= 4 is 38.9 Å². The fraction of sp³-hybridized carbons (Fsp3) is 0.474. The maximum atomic E-state index is 12.9. The quantitative estimate of drug-likeness (QED) is 0.873. The molecule has 2 bridgehead atoms. The molecule has 4 nitrogen and oxygen atoms in total. The van der Waals surface area contributed by atoms with Gasteiger partial charge in [0.2, 0.25) is 0 Å². The number of fused-ring (bicyclic) bond motifs is 3. The molecular weight excluding hydrogens is 354 g/mol. The monoisotopic (exact) mass is 371 g/mol. The van der Waals surface area contributed by atoms with Crippen molar-refractivity contribution < 1.29 is 4.79 Å². The van der Waals surface area contributed by atoms with Gasteiger partial charge in [0.15, 0.2) is 0 Å². The van der Waals surface area contributed by atoms with Gasteiger partial charge < -0.3 is 5.32 Å². The van der Waals surface area contributed by atoms with Crippen molar-refractivity contribution in [2.24, 2.45) is 5.92 Å². The number of nitrogens with zero attached hydrogens (tertiary/aromatic N) is 2. The number of carbonyl (C=O) groups is 1. The molecule has 6 rings (SSSR count). The summed E-state index contributed by atoms with van der Waals surface area (Å²) >= 11 is 7.48. The zero-order valence-corrected chi connectivity index (χ0v) is 15.3. The van der Waals surface area contributed by atoms with E-state index in [4.69, 9.17) is 11.6 Å². The fourth-order valence-electron chi connectivity index (χ4n) is 4.83. The third-order valence-corrected chi connectivity index (χ3v) is 7.72. The molecule has 4 aliphatic rings. The first-order valence-electron chi connectivity index (χ1n) is 8.80. The molecule has 3 aliphatic heterocycles. The van der Waals surface area contributed by atoms with Crippen molar-refractivity contribution in [3.05, 3.63) is 33.7 Å². The highest BCUT2D eigenvalue weighted by Crippen LogP contribution is 2.53. The second-order valence-electron chi connectivity index (χ2n) is 7.44. The van der Waals surface area contributed by atoms with Gasteiger partial charge in [-0.3, -0.25) is 9.69 Å². The molecule has 1 amide bonds. The first-order valence-corrected chi connectivity index (χ1v) is 10.00. The molecule has 1 aromatic carbocycles. The standard InChI is InChI=1S/C19H18ClN3OS/c20-14-2-1-12-9-15(25-16(12)13(14)10-21)18(24)22-17-11-3-7-23(8-4-11)19(17)5-6-19/h1-2,9,11,17H,3-8H2,(H,22,24). The molecule has 3 saturated heterocycles. The molecule has 1 saturated carbocycles. The molecular formula is C19H18ClN3OS. The topological polar surface area (TPSA) is 56.1 Å². The minimum absolute atomic E-state index is 0.00811. The van der Waals surface area contributed by atoms with Gasteiger partial charge >= 0.3 is 0 Å². The van der Waals surface area contributed by atoms with Gasteiger partial charge in [-0.2, -0.15) is 5.26 Å². The van der Waals surface area contributed by atoms with Crippen LogP contribution in [0.15, 0.2) is 18.2 Å². The largest absolute Gasteiger partial charge is 0.346 e. The van der Waals surface area contributed by atoms with E-state index in [1.807, 2.05) is 12.1 Å². The van der Waals surface area contributed by atoms with E-state index in [1.165, 1.54) is 50.1 Å². The van der Waals surface area contributed by atoms with Gasteiger partial charge in [-0.25, -0.2) is 0 Å². The molecule has 4 heterocycles. The Morgan fingerprint density at radius 3 is 2.80 bits per heavy atom. The van der Waals surface area contributed by atoms with E-state index in [9.17, 15) is 10.1 Å². The van der Waals surface area contributed by atoms with E-state index in [0.717, 1.165) is 10.1 Å². The summed E-state index contributed by atoms with van der Waals surface area (Å²) in [6.45, 7) is 2.37. The van der Waals surface area contributed by atoms with Crippen LogP contribution in [0.2, 0.25) is 5.02 Å². The Hall–Kier alpha value is -1.61. The van der Waals surface area contributed by atoms with Crippen molar-refractivity contribution in [1.29, 1.82) is 5.26 Å². The fourth-order valence-corrected chi connectivity index (χ4v) is 6.14. The predicted molar refractivity (Wildman–Crippen MR) is 99.1 cm³/mol. The van der Waals surface area contributed by atoms with Crippen molar-refractivity contribution in [3.63, 3.8) is 0 Å². The molecule has 1 spiro atoms. The third kappa shape index (κ3) is 2.25. The van der Waals surface area contributed by atoms with Crippen molar-refractivity contribution in [2.45, 2.75) is 37.3 Å². The summed E-state index contributed by atoms with van der Waals surface area (Å²) in [5.74, 6) is 0.598. The van der Waals surface area contributed by atoms with Crippen LogP contribution in [0.25, 0.3) is 10.1 Å². The lowest BCUT2D eigenvalue weighted by Gasteiger charge is -2.52. The Morgan fingerprint density at radius 1 is 1.36 bits per heavy atom. The van der Waals surface area contributed by atoms with Crippen LogP contribution < -0.4 is 5.32 Å². The van der Waals surface area contributed by atoms with Gasteiger partial charge in [0, 0.05) is 5.54 Å². The second kappa shape index (κ2) is 5.44. The molecule has 2 aromatic rings. The highest BCUT2D eigenvalue weighted by Gasteiger charge is 2.60. The molecule has 25 heavy (non-hydrogen) atoms. The molecule has 1 atom stereocenters. The van der Waals surface area contributed by atoms with Crippen LogP contribution in [-0.4, -0.2) is 35.5 Å². The lowest BCUT2D eigenvalue weighted by atomic mass is 9.77. The van der Waals surface area contributed by atoms with Gasteiger partial charge in [0.1, 0.15) is 6.07 Å². The lowest BCUT2D eigenvalue weighted by Crippen LogP contribution is -2.65. The van der Waals surface area contributed by atoms with Crippen molar-refractivity contribution in [3.8, 4) is 6.07 Å². The molecule has 0 radical (unpaired) electrons. The lowest BCUT2D eigenvalue weighted by molar-refractivity contribution is -0.00138. The number of carbonyl (C=O) groups excluding carboxylic acids is 1. The number of nitrogens with one attached hydrogen (secondary N) is 1. The van der Waals surface area contributed by atoms with Crippen LogP contribution in [-0.2, 0) is 0 Å². The van der Waals surface area contributed by atoms with E-state index in [2.05, 4.69) is 16.3 Å². The molecule has 6 heteroatoms. The SMILES string of the molecule is N#Cc1c(Cl)ccc2cc(C(=O)NC3C4CCN(CC4)C34CC4)sc12. The van der Waals surface area contributed by atoms with Gasteiger partial charge in [0.05, 0.1) is 26.2 Å². The Morgan fingerprint density at radius 2 is 2.12 bits per heavy atom. The maximum absolute atomic E-state index is 12.9. The second-order valence-corrected chi connectivity index (χ2v) is 8.90. The number of hydrogen-bond donors (Lipinski definition) is 1. The number of rotatable bonds is 2. The van der Waals surface area contributed by atoms with Gasteiger partial charge in [-0.1, -0.05) is 17.7 Å². The number of hydrogen-bond acceptors (Lipinski definition) is 4. The summed E-state index contributed by atoms with van der Waals surface area (Å²) < 4.78 is 0.801. The minimum Gasteiger partial charge on any atom is -0.346 e. The van der Waals surface area contributed by atoms with Gasteiger partial charge in [0.25, 0.3) is 5.91 Å². The third-order valence-electron chi connectivity index (χ3n) is 6.24. The van der Waals surface area contributed by atoms with Crippen LogP contribution in [0, 0.1) is 17.2 Å². The minimum atomic E-state index is -0.00811. The molecule has 1 aromatic heterocycles. The highest BCUT2D eigenvalue weighted by atomic mass is 35.5. The van der Waals surface area contributed by atoms with E-state index in [0.29, 0.717) is 21.4 Å². The Balaban J connectivity index is 1.45. The average molecular weight is 372 g/mol. The zero-order valence-electron chi connectivity index (χ0n) is 13.7. The molecule has 128 valence electrons. The molecule has 1 unspecified atom stereocenters. The van der Waals surface area contributed by atoms with Crippen LogP contribution in [0.5, 0.6) is 0 Å². The first kappa shape index (κ1) is 15.6. The van der Waals surface area contributed by atoms with Crippen molar-refractivity contribution in [1.82, 2.24) is 10.2 Å². The number of halogens is 1. The molecule has 4 fully saturated rings. The maximum Gasteiger partial charge on any atom is 0.261 e. The Kier molecular flexibility index (Phi) is 3.40. The normalized spacial score (nSPS) is 28.9. The number of piperidine rings is 3. The van der Waals surface area contributed by atoms with Gasteiger partial charge in [-0.05, 0) is 62.2 Å². The Labute approximate surface area is 155 Å². The number of amides is 1. The molecule has 1 N–H and O–H groups in total. The highest BCUT2D eigenvalue weighted by molar-refractivity contribution is 7.21. The first-order chi connectivity index (χ1) is 12.1. The molecule has 1 aliphatic carbocycles. The van der Waals surface area contributed by atoms with Crippen LogP contribution >= 0.6 is 22.9 Å². The van der Waals surface area contributed by atoms with Gasteiger partial charge in [-0.15, -0.1) is 11.3 Å². The van der Waals surface area contributed by atoms with E-state index in [-0.39, 0.29) is 17.5 Å². The van der Waals surface area contributed by atoms with E-state index in [1.54, 1.807) is 6.07 Å². The zero-order chi connectivity index (χ0) is 17.2. The summed E-state index contributed by atoms with van der Waals surface area (Å²) in [4.78, 5) is 16.2. The summed E-state index contributed by atoms with van der Waals surface area (Å²) in [5.41, 5.74) is 0.693. The average Bonchev–Trinajstić information content (AvgIpc) is 3.28. The number of benzene rings is 1. The Bertz CT molecular complexity index is 919. The number of thiophene rings is 1. The smallest absolute Gasteiger partial charge is 0.261 e. The van der Waals surface area contributed by atoms with Crippen LogP contribution in [0.4, 0.5) is 0 Å². The number of nitriles is 1. The predicted octanol–water partition coefficient (Wildman–Crippen LogP) is 3.78. The summed E-state index contributed by atoms with van der Waals surface area (Å²) in [5, 5.41) is 14.0.